The number of carbonyl (C=O) groups excluding carboxylic acids is 1. The lowest BCUT2D eigenvalue weighted by molar-refractivity contribution is -0.121. The van der Waals surface area contributed by atoms with E-state index in [1.54, 1.807) is 0 Å². The maximum Gasteiger partial charge on any atom is 0.233 e. The topological polar surface area (TPSA) is 75.6 Å². The number of aromatic amines is 1. The van der Waals surface area contributed by atoms with E-state index in [1.165, 1.54) is 31.0 Å². The van der Waals surface area contributed by atoms with E-state index in [0.717, 1.165) is 46.7 Å². The fourth-order valence-corrected chi connectivity index (χ4v) is 5.43. The van der Waals surface area contributed by atoms with Gasteiger partial charge < -0.3 is 10.3 Å². The van der Waals surface area contributed by atoms with Gasteiger partial charge in [-0.05, 0) is 44.6 Å². The van der Waals surface area contributed by atoms with Crippen LogP contribution in [0.2, 0.25) is 0 Å². The number of nitrogens with one attached hydrogen (secondary N) is 2. The van der Waals surface area contributed by atoms with Gasteiger partial charge in [-0.25, -0.2) is 0 Å². The van der Waals surface area contributed by atoms with Crippen LogP contribution in [-0.4, -0.2) is 36.9 Å². The number of carbonyl (C=O) groups is 1. The molecule has 5 rings (SSSR count). The molecule has 0 bridgehead atoms. The fraction of sp³-hybridized carbons (Fsp3) is 0.522. The van der Waals surface area contributed by atoms with Crippen molar-refractivity contribution in [2.24, 2.45) is 5.92 Å². The first-order chi connectivity index (χ1) is 14.6. The van der Waals surface area contributed by atoms with Gasteiger partial charge in [0.2, 0.25) is 5.91 Å². The van der Waals surface area contributed by atoms with Crippen LogP contribution >= 0.6 is 11.8 Å². The number of aromatic nitrogens is 4. The van der Waals surface area contributed by atoms with Crippen molar-refractivity contribution in [1.29, 1.82) is 0 Å². The Morgan fingerprint density at radius 3 is 2.80 bits per heavy atom. The Morgan fingerprint density at radius 1 is 1.20 bits per heavy atom. The van der Waals surface area contributed by atoms with Crippen molar-refractivity contribution in [1.82, 2.24) is 25.1 Å². The van der Waals surface area contributed by atoms with Gasteiger partial charge in [0.1, 0.15) is 0 Å². The number of benzene rings is 1. The summed E-state index contributed by atoms with van der Waals surface area (Å²) >= 11 is 1.53. The Hall–Kier alpha value is -2.28. The summed E-state index contributed by atoms with van der Waals surface area (Å²) in [5, 5.41) is 14.1. The van der Waals surface area contributed by atoms with Crippen molar-refractivity contribution in [3.05, 3.63) is 30.5 Å². The molecule has 1 aromatic carbocycles. The van der Waals surface area contributed by atoms with Gasteiger partial charge in [-0.3, -0.25) is 9.36 Å². The largest absolute Gasteiger partial charge is 0.360 e. The third-order valence-electron chi connectivity index (χ3n) is 6.50. The number of hydrogen-bond acceptors (Lipinski definition) is 4. The molecule has 3 aromatic rings. The normalized spacial score (nSPS) is 22.9. The summed E-state index contributed by atoms with van der Waals surface area (Å²) in [4.78, 5) is 16.2. The van der Waals surface area contributed by atoms with Crippen LogP contribution in [0.1, 0.15) is 58.4 Å². The zero-order chi connectivity index (χ0) is 20.7. The lowest BCUT2D eigenvalue weighted by atomic mass is 9.86. The first kappa shape index (κ1) is 19.7. The predicted molar refractivity (Wildman–Crippen MR) is 120 cm³/mol. The molecule has 158 valence electrons. The van der Waals surface area contributed by atoms with Crippen LogP contribution in [0.4, 0.5) is 0 Å². The Bertz CT molecular complexity index is 1050. The molecule has 2 aliphatic rings. The minimum absolute atomic E-state index is 0.109. The van der Waals surface area contributed by atoms with Crippen molar-refractivity contribution in [3.63, 3.8) is 0 Å². The number of rotatable bonds is 6. The van der Waals surface area contributed by atoms with Gasteiger partial charge in [0.15, 0.2) is 11.0 Å². The number of amides is 1. The summed E-state index contributed by atoms with van der Waals surface area (Å²) in [5.41, 5.74) is 2.17. The van der Waals surface area contributed by atoms with Crippen LogP contribution in [0.3, 0.4) is 0 Å². The summed E-state index contributed by atoms with van der Waals surface area (Å²) < 4.78 is 2.24. The van der Waals surface area contributed by atoms with Crippen molar-refractivity contribution < 1.29 is 4.79 Å². The van der Waals surface area contributed by atoms with E-state index in [2.05, 4.69) is 44.1 Å². The zero-order valence-corrected chi connectivity index (χ0v) is 18.4. The molecule has 2 saturated carbocycles. The smallest absolute Gasteiger partial charge is 0.233 e. The van der Waals surface area contributed by atoms with E-state index in [1.807, 2.05) is 25.3 Å². The summed E-state index contributed by atoms with van der Waals surface area (Å²) in [6, 6.07) is 9.00. The highest BCUT2D eigenvalue weighted by atomic mass is 32.2. The third kappa shape index (κ3) is 3.75. The molecule has 2 aromatic heterocycles. The van der Waals surface area contributed by atoms with E-state index in [4.69, 9.17) is 0 Å². The SMILES string of the molecule is C[C@@H](Sc1nnc(-c2c[nH]c3ccccc23)n1C1CC1)C(=O)N[C@H]1CCCC[C@@H]1C. The highest BCUT2D eigenvalue weighted by Gasteiger charge is 2.33. The summed E-state index contributed by atoms with van der Waals surface area (Å²) in [6.45, 7) is 4.23. The van der Waals surface area contributed by atoms with Gasteiger partial charge in [-0.1, -0.05) is 49.7 Å². The van der Waals surface area contributed by atoms with Crippen LogP contribution in [0.15, 0.2) is 35.6 Å². The van der Waals surface area contributed by atoms with Crippen molar-refractivity contribution in [2.75, 3.05) is 0 Å². The molecule has 3 atom stereocenters. The Morgan fingerprint density at radius 2 is 2.00 bits per heavy atom. The quantitative estimate of drug-likeness (QED) is 0.551. The van der Waals surface area contributed by atoms with E-state index < -0.39 is 0 Å². The Labute approximate surface area is 181 Å². The number of H-pyrrole nitrogens is 1. The predicted octanol–water partition coefficient (Wildman–Crippen LogP) is 4.94. The highest BCUT2D eigenvalue weighted by molar-refractivity contribution is 8.00. The Balaban J connectivity index is 1.37. The summed E-state index contributed by atoms with van der Waals surface area (Å²) in [5.74, 6) is 1.56. The number of para-hydroxylation sites is 1. The molecular formula is C23H29N5OS. The van der Waals surface area contributed by atoms with Crippen LogP contribution in [-0.2, 0) is 4.79 Å². The van der Waals surface area contributed by atoms with Crippen molar-refractivity contribution in [3.8, 4) is 11.4 Å². The van der Waals surface area contributed by atoms with Crippen LogP contribution in [0.5, 0.6) is 0 Å². The minimum Gasteiger partial charge on any atom is -0.360 e. The van der Waals surface area contributed by atoms with Crippen LogP contribution in [0, 0.1) is 5.92 Å². The molecule has 0 saturated heterocycles. The maximum atomic E-state index is 12.9. The lowest BCUT2D eigenvalue weighted by Gasteiger charge is -2.30. The van der Waals surface area contributed by atoms with Crippen molar-refractivity contribution in [2.45, 2.75) is 74.9 Å². The second-order valence-corrected chi connectivity index (χ2v) is 10.1. The number of nitrogens with zero attached hydrogens (tertiary/aromatic N) is 3. The van der Waals surface area contributed by atoms with Gasteiger partial charge in [-0.2, -0.15) is 0 Å². The fourth-order valence-electron chi connectivity index (χ4n) is 4.50. The van der Waals surface area contributed by atoms with Gasteiger partial charge >= 0.3 is 0 Å². The zero-order valence-electron chi connectivity index (χ0n) is 17.6. The average molecular weight is 424 g/mol. The highest BCUT2D eigenvalue weighted by Crippen LogP contribution is 2.42. The van der Waals surface area contributed by atoms with Gasteiger partial charge in [0, 0.05) is 34.7 Å². The molecule has 7 heteroatoms. The van der Waals surface area contributed by atoms with E-state index in [0.29, 0.717) is 18.0 Å². The van der Waals surface area contributed by atoms with E-state index in [9.17, 15) is 4.79 Å². The van der Waals surface area contributed by atoms with Crippen LogP contribution < -0.4 is 5.32 Å². The molecule has 2 heterocycles. The second kappa shape index (κ2) is 8.10. The molecule has 30 heavy (non-hydrogen) atoms. The molecule has 2 N–H and O–H groups in total. The molecular weight excluding hydrogens is 394 g/mol. The Kier molecular flexibility index (Phi) is 5.31. The molecule has 0 spiro atoms. The molecule has 2 fully saturated rings. The standard InChI is InChI=1S/C23H29N5OS/c1-14-7-3-5-9-19(14)25-22(29)15(2)30-23-27-26-21(28(23)16-11-12-16)18-13-24-20-10-6-4-8-17(18)20/h4,6,8,10,13-16,19,24H,3,5,7,9,11-12H2,1-2H3,(H,25,29)/t14-,15+,19-/m0/s1. The third-order valence-corrected chi connectivity index (χ3v) is 7.55. The average Bonchev–Trinajstić information content (AvgIpc) is 3.37. The molecule has 2 aliphatic carbocycles. The maximum absolute atomic E-state index is 12.9. The van der Waals surface area contributed by atoms with Crippen LogP contribution in [0.25, 0.3) is 22.3 Å². The van der Waals surface area contributed by atoms with E-state index >= 15 is 0 Å². The monoisotopic (exact) mass is 423 g/mol. The molecule has 0 aliphatic heterocycles. The molecule has 0 radical (unpaired) electrons. The summed E-state index contributed by atoms with van der Waals surface area (Å²) in [7, 11) is 0. The molecule has 0 unspecified atom stereocenters. The minimum atomic E-state index is -0.198. The van der Waals surface area contributed by atoms with Gasteiger partial charge in [-0.15, -0.1) is 10.2 Å². The van der Waals surface area contributed by atoms with Gasteiger partial charge in [0.05, 0.1) is 5.25 Å². The number of fused-ring (bicyclic) bond motifs is 1. The van der Waals surface area contributed by atoms with Crippen molar-refractivity contribution >= 4 is 28.6 Å². The summed E-state index contributed by atoms with van der Waals surface area (Å²) in [6.07, 6.45) is 9.08. The van der Waals surface area contributed by atoms with Gasteiger partial charge in [0.25, 0.3) is 0 Å². The molecule has 6 nitrogen and oxygen atoms in total. The first-order valence-electron chi connectivity index (χ1n) is 11.1. The number of thioether (sulfide) groups is 1. The molecule has 1 amide bonds. The second-order valence-electron chi connectivity index (χ2n) is 8.79. The lowest BCUT2D eigenvalue weighted by Crippen LogP contribution is -2.44. The number of hydrogen-bond donors (Lipinski definition) is 2. The van der Waals surface area contributed by atoms with E-state index in [-0.39, 0.29) is 11.2 Å². The first-order valence-corrected chi connectivity index (χ1v) is 12.0.